The van der Waals surface area contributed by atoms with Crippen LogP contribution in [0.2, 0.25) is 0 Å². The number of halogens is 2. The van der Waals surface area contributed by atoms with Crippen LogP contribution >= 0.6 is 0 Å². The average molecular weight is 766 g/mol. The van der Waals surface area contributed by atoms with Crippen molar-refractivity contribution in [2.75, 3.05) is 44.4 Å². The van der Waals surface area contributed by atoms with Gasteiger partial charge in [0, 0.05) is 30.9 Å². The van der Waals surface area contributed by atoms with Crippen molar-refractivity contribution in [1.82, 2.24) is 19.9 Å². The van der Waals surface area contributed by atoms with Crippen LogP contribution in [-0.2, 0) is 11.2 Å². The molecule has 12 heteroatoms. The van der Waals surface area contributed by atoms with E-state index >= 15 is 8.78 Å². The van der Waals surface area contributed by atoms with E-state index in [9.17, 15) is 10.2 Å². The fraction of sp³-hybridized carbons (Fsp3) is 0.432. The van der Waals surface area contributed by atoms with Gasteiger partial charge < -0.3 is 29.3 Å². The van der Waals surface area contributed by atoms with Crippen LogP contribution in [0.5, 0.6) is 17.5 Å². The summed E-state index contributed by atoms with van der Waals surface area (Å²) >= 11 is 0. The van der Waals surface area contributed by atoms with Crippen LogP contribution in [0.4, 0.5) is 14.6 Å². The summed E-state index contributed by atoms with van der Waals surface area (Å²) in [7, 11) is 0. The molecule has 0 spiro atoms. The number of piperidine rings is 1. The highest BCUT2D eigenvalue weighted by atomic mass is 19.1. The summed E-state index contributed by atoms with van der Waals surface area (Å²) in [5.41, 5.74) is 0.460. The number of rotatable bonds is 12. The van der Waals surface area contributed by atoms with Crippen molar-refractivity contribution in [1.29, 1.82) is 0 Å². The molecule has 3 atom stereocenters. The second kappa shape index (κ2) is 15.5. The van der Waals surface area contributed by atoms with Crippen molar-refractivity contribution in [3.05, 3.63) is 83.8 Å². The summed E-state index contributed by atoms with van der Waals surface area (Å²) in [6.45, 7) is 8.90. The van der Waals surface area contributed by atoms with Crippen LogP contribution < -0.4 is 14.4 Å². The summed E-state index contributed by atoms with van der Waals surface area (Å²) in [5, 5.41) is 23.2. The molecule has 0 radical (unpaired) electrons. The molecule has 3 aliphatic rings. The Bertz CT molecular complexity index is 2270. The first-order chi connectivity index (χ1) is 27.1. The van der Waals surface area contributed by atoms with E-state index in [-0.39, 0.29) is 40.1 Å². The van der Waals surface area contributed by atoms with Gasteiger partial charge in [0.2, 0.25) is 0 Å². The molecule has 294 valence electrons. The maximum atomic E-state index is 17.1. The van der Waals surface area contributed by atoms with E-state index in [2.05, 4.69) is 14.9 Å². The summed E-state index contributed by atoms with van der Waals surface area (Å²) in [6.07, 6.45) is 10.7. The number of hydrogen-bond acceptors (Lipinski definition) is 10. The van der Waals surface area contributed by atoms with Gasteiger partial charge in [0.05, 0.1) is 29.4 Å². The predicted octanol–water partition coefficient (Wildman–Crippen LogP) is 8.20. The van der Waals surface area contributed by atoms with Crippen molar-refractivity contribution in [3.8, 4) is 28.8 Å². The number of phenolic OH excluding ortho intramolecular Hbond substituents is 1. The van der Waals surface area contributed by atoms with Gasteiger partial charge in [-0.15, -0.1) is 0 Å². The highest BCUT2D eigenvalue weighted by Gasteiger charge is 2.50. The number of aryl methyl sites for hydroxylation is 1. The normalized spacial score (nSPS) is 22.7. The zero-order valence-electron chi connectivity index (χ0n) is 32.2. The van der Waals surface area contributed by atoms with Crippen LogP contribution in [0.15, 0.2) is 61.0 Å². The van der Waals surface area contributed by atoms with Crippen LogP contribution in [0.1, 0.15) is 70.4 Å². The number of anilines is 1. The van der Waals surface area contributed by atoms with Crippen LogP contribution in [0, 0.1) is 11.6 Å². The topological polar surface area (TPSA) is 113 Å². The number of aromatic nitrogens is 3. The highest BCUT2D eigenvalue weighted by Crippen LogP contribution is 2.44. The predicted molar refractivity (Wildman–Crippen MR) is 213 cm³/mol. The number of aromatic hydroxyl groups is 1. The minimum Gasteiger partial charge on any atom is -0.508 e. The Hall–Kier alpha value is -5.07. The highest BCUT2D eigenvalue weighted by molar-refractivity contribution is 6.01. The number of ether oxygens (including phenoxy) is 3. The molecule has 0 bridgehead atoms. The monoisotopic (exact) mass is 765 g/mol. The molecule has 0 amide bonds. The van der Waals surface area contributed by atoms with Crippen LogP contribution in [0.3, 0.4) is 0 Å². The molecule has 0 aliphatic carbocycles. The number of pyridine rings is 1. The number of benzene rings is 3. The molecule has 10 nitrogen and oxygen atoms in total. The lowest BCUT2D eigenvalue weighted by atomic mass is 9.94. The first-order valence-electron chi connectivity index (χ1n) is 19.8. The van der Waals surface area contributed by atoms with Gasteiger partial charge in [-0.1, -0.05) is 25.1 Å². The molecule has 5 heterocycles. The molecule has 2 N–H and O–H groups in total. The summed E-state index contributed by atoms with van der Waals surface area (Å²) < 4.78 is 50.3. The fourth-order valence-electron chi connectivity index (χ4n) is 9.03. The van der Waals surface area contributed by atoms with Crippen molar-refractivity contribution in [3.63, 3.8) is 0 Å². The van der Waals surface area contributed by atoms with Crippen LogP contribution in [0.25, 0.3) is 39.0 Å². The lowest BCUT2D eigenvalue weighted by Gasteiger charge is -2.38. The van der Waals surface area contributed by atoms with Gasteiger partial charge in [-0.3, -0.25) is 9.88 Å². The minimum atomic E-state index is -0.962. The molecule has 3 aromatic carbocycles. The lowest BCUT2D eigenvalue weighted by Crippen LogP contribution is -2.48. The first-order valence-corrected chi connectivity index (χ1v) is 19.8. The van der Waals surface area contributed by atoms with Crippen LogP contribution in [-0.4, -0.2) is 86.7 Å². The number of nitrogens with zero attached hydrogens (tertiary/aromatic N) is 5. The smallest absolute Gasteiger partial charge is 0.319 e. The molecule has 8 rings (SSSR count). The van der Waals surface area contributed by atoms with E-state index in [1.807, 2.05) is 49.1 Å². The third kappa shape index (κ3) is 7.32. The van der Waals surface area contributed by atoms with Crippen molar-refractivity contribution in [2.45, 2.75) is 82.9 Å². The quantitative estimate of drug-likeness (QED) is 0.121. The average Bonchev–Trinajstić information content (AvgIpc) is 3.76. The molecular weight excluding hydrogens is 717 g/mol. The Morgan fingerprint density at radius 3 is 2.59 bits per heavy atom. The third-order valence-corrected chi connectivity index (χ3v) is 11.7. The van der Waals surface area contributed by atoms with Gasteiger partial charge in [-0.05, 0) is 124 Å². The molecule has 3 saturated heterocycles. The lowest BCUT2D eigenvalue weighted by molar-refractivity contribution is 0.0446. The van der Waals surface area contributed by atoms with Gasteiger partial charge in [0.15, 0.2) is 5.82 Å². The maximum Gasteiger partial charge on any atom is 0.319 e. The number of fused-ring (bicyclic) bond motifs is 3. The summed E-state index contributed by atoms with van der Waals surface area (Å²) in [4.78, 5) is 18.6. The number of hydrogen-bond donors (Lipinski definition) is 2. The Morgan fingerprint density at radius 1 is 0.982 bits per heavy atom. The Balaban J connectivity index is 1.10. The van der Waals surface area contributed by atoms with Crippen molar-refractivity contribution < 1.29 is 33.2 Å². The van der Waals surface area contributed by atoms with E-state index in [0.717, 1.165) is 50.0 Å². The third-order valence-electron chi connectivity index (χ3n) is 11.7. The second-order valence-electron chi connectivity index (χ2n) is 15.6. The van der Waals surface area contributed by atoms with E-state index in [0.29, 0.717) is 73.3 Å². The van der Waals surface area contributed by atoms with Gasteiger partial charge in [-0.2, -0.15) is 9.97 Å². The zero-order chi connectivity index (χ0) is 39.0. The molecule has 3 aliphatic heterocycles. The zero-order valence-corrected chi connectivity index (χ0v) is 32.2. The largest absolute Gasteiger partial charge is 0.508 e. The van der Waals surface area contributed by atoms with E-state index in [1.165, 1.54) is 24.4 Å². The van der Waals surface area contributed by atoms with Crippen molar-refractivity contribution in [2.24, 2.45) is 0 Å². The Labute approximate surface area is 325 Å². The maximum absolute atomic E-state index is 17.1. The standard InChI is InChI=1S/C44H49F2N5O5/c1-4-33-36(45)13-10-29-22-31(52)23-34(37(29)33)39-38(46)40-35(24-47-39)41(50-19-6-16-43(3,53)26-50)49-42(48-40)56-27-44-17-7-20-51(44)30(14-18-44)25-55-32-11-8-28(9-12-32)15-21-54-5-2/h8-13,15,21-24,30,52-53H,4-7,14,16-20,25-27H2,1-3H3/b21-15+/t30-,43+,44-/m0/s1. The molecular formula is C44H49F2N5O5. The van der Waals surface area contributed by atoms with Gasteiger partial charge in [-0.25, -0.2) is 8.78 Å². The SMILES string of the molecule is CCO/C=C/c1ccc(OC[C@@H]2CC[C@]3(COc4nc(N5CCC[C@@](C)(O)C5)c5cnc(-c6cc(O)cc7ccc(F)c(CC)c67)c(F)c5n4)CCCN23)cc1. The van der Waals surface area contributed by atoms with Gasteiger partial charge >= 0.3 is 6.01 Å². The molecule has 2 aromatic heterocycles. The van der Waals surface area contributed by atoms with Gasteiger partial charge in [0.1, 0.15) is 47.6 Å². The Morgan fingerprint density at radius 2 is 1.80 bits per heavy atom. The number of β-amino-alcohol motifs (C(OH)–C–C–N with tert-alkyl or cyclic N) is 1. The fourth-order valence-corrected chi connectivity index (χ4v) is 9.03. The summed E-state index contributed by atoms with van der Waals surface area (Å²) in [5.74, 6) is 0.0182. The number of aliphatic hydroxyl groups is 1. The molecule has 3 fully saturated rings. The summed E-state index contributed by atoms with van der Waals surface area (Å²) in [6, 6.07) is 14.1. The minimum absolute atomic E-state index is 0.00374. The molecule has 0 unspecified atom stereocenters. The second-order valence-corrected chi connectivity index (χ2v) is 15.6. The molecule has 0 saturated carbocycles. The van der Waals surface area contributed by atoms with E-state index in [1.54, 1.807) is 19.3 Å². The number of phenols is 1. The van der Waals surface area contributed by atoms with E-state index < -0.39 is 17.2 Å². The molecule has 5 aromatic rings. The first kappa shape index (κ1) is 37.8. The van der Waals surface area contributed by atoms with Crippen molar-refractivity contribution >= 4 is 33.6 Å². The Kier molecular flexibility index (Phi) is 10.4. The van der Waals surface area contributed by atoms with Gasteiger partial charge in [0.25, 0.3) is 0 Å². The van der Waals surface area contributed by atoms with E-state index in [4.69, 9.17) is 19.2 Å². The molecule has 56 heavy (non-hydrogen) atoms.